The summed E-state index contributed by atoms with van der Waals surface area (Å²) < 4.78 is 70.3. The Hall–Kier alpha value is -1.70. The van der Waals surface area contributed by atoms with Gasteiger partial charge in [-0.25, -0.2) is 0 Å². The third-order valence-corrected chi connectivity index (χ3v) is 21.7. The summed E-state index contributed by atoms with van der Waals surface area (Å²) in [5.41, 5.74) is 0. The Morgan fingerprint density at radius 1 is 0.292 bits per heavy atom. The Kier molecular flexibility index (Phi) is 85.7. The van der Waals surface area contributed by atoms with Gasteiger partial charge in [0.25, 0.3) is 15.6 Å². The van der Waals surface area contributed by atoms with Gasteiger partial charge in [0, 0.05) is 51.6 Å². The van der Waals surface area contributed by atoms with Crippen molar-refractivity contribution in [1.82, 2.24) is 21.3 Å². The molecule has 4 amide bonds. The van der Waals surface area contributed by atoms with Crippen LogP contribution in [0.5, 0.6) is 0 Å². The number of unbranched alkanes of at least 4 members (excludes halogenated alkanes) is 40. The number of Topliss-reactive ketones (excluding diaryl/α,β-unsaturated/α-hetero) is 2. The van der Waals surface area contributed by atoms with Crippen LogP contribution >= 0.6 is 15.6 Å². The molecule has 0 aromatic heterocycles. The largest absolute Gasteiger partial charge is 1.00 e. The van der Waals surface area contributed by atoms with Crippen LogP contribution in [0.1, 0.15) is 408 Å². The number of phosphoric ester groups is 2. The van der Waals surface area contributed by atoms with Crippen molar-refractivity contribution in [2.75, 3.05) is 65.9 Å². The minimum atomic E-state index is -5.08. The number of phosphoric acid groups is 2. The van der Waals surface area contributed by atoms with Gasteiger partial charge in [0.1, 0.15) is 30.2 Å². The summed E-state index contributed by atoms with van der Waals surface area (Å²) in [6, 6.07) is -2.07. The van der Waals surface area contributed by atoms with E-state index in [-0.39, 0.29) is 135 Å². The molecule has 0 aliphatic rings. The van der Waals surface area contributed by atoms with Gasteiger partial charge in [-0.2, -0.15) is 0 Å². The molecule has 0 fully saturated rings. The average molecular weight is 1670 g/mol. The molecule has 4 N–H and O–H groups in total. The zero-order valence-corrected chi connectivity index (χ0v) is 78.5. The second kappa shape index (κ2) is 83.9. The molecule has 0 aromatic carbocycles. The summed E-state index contributed by atoms with van der Waals surface area (Å²) in [4.78, 5) is 130. The van der Waals surface area contributed by atoms with E-state index in [2.05, 4.69) is 62.8 Å². The van der Waals surface area contributed by atoms with Crippen molar-refractivity contribution in [2.24, 2.45) is 0 Å². The number of ketones is 2. The number of ether oxygens (including phenoxy) is 4. The molecule has 0 bridgehead atoms. The molecular formula is C85H160N4Na2O20P2. The van der Waals surface area contributed by atoms with Gasteiger partial charge in [0.2, 0.25) is 23.6 Å². The first-order chi connectivity index (χ1) is 53.7. The topological polar surface area (TPSA) is 339 Å². The molecule has 28 heteroatoms. The summed E-state index contributed by atoms with van der Waals surface area (Å²) in [7, 11) is -10.2. The summed E-state index contributed by atoms with van der Waals surface area (Å²) >= 11 is 0. The number of carbonyl (C=O) groups is 8. The van der Waals surface area contributed by atoms with E-state index in [4.69, 9.17) is 37.0 Å². The molecule has 0 radical (unpaired) electrons. The second-order valence-electron chi connectivity index (χ2n) is 30.7. The maximum Gasteiger partial charge on any atom is 1.00 e. The molecule has 0 aromatic rings. The zero-order valence-electron chi connectivity index (χ0n) is 72.7. The third-order valence-electron chi connectivity index (χ3n) is 19.7. The molecule has 652 valence electrons. The fraction of sp³-hybridized carbons (Fsp3) is 0.906. The van der Waals surface area contributed by atoms with Crippen LogP contribution in [0.15, 0.2) is 0 Å². The normalized spacial score (nSPS) is 13.5. The van der Waals surface area contributed by atoms with Gasteiger partial charge in [-0.15, -0.1) is 0 Å². The van der Waals surface area contributed by atoms with E-state index in [1.54, 1.807) is 0 Å². The predicted octanol–water partition coefficient (Wildman–Crippen LogP) is 12.5. The molecule has 0 rings (SSSR count). The van der Waals surface area contributed by atoms with Crippen LogP contribution in [0.2, 0.25) is 0 Å². The Bertz CT molecular complexity index is 2250. The van der Waals surface area contributed by atoms with E-state index in [9.17, 15) is 57.3 Å². The molecule has 113 heavy (non-hydrogen) atoms. The third kappa shape index (κ3) is 81.1. The molecule has 24 nitrogen and oxygen atoms in total. The fourth-order valence-electron chi connectivity index (χ4n) is 13.0. The zero-order chi connectivity index (χ0) is 81.8. The van der Waals surface area contributed by atoms with Gasteiger partial charge in [-0.3, -0.25) is 47.5 Å². The number of rotatable bonds is 86. The van der Waals surface area contributed by atoms with Gasteiger partial charge in [-0.1, -0.05) is 298 Å². The van der Waals surface area contributed by atoms with Crippen LogP contribution in [0.4, 0.5) is 0 Å². The summed E-state index contributed by atoms with van der Waals surface area (Å²) in [5, 5.41) is 10.1. The first-order valence-corrected chi connectivity index (χ1v) is 47.5. The van der Waals surface area contributed by atoms with Gasteiger partial charge in [0.05, 0.1) is 77.8 Å². The first kappa shape index (κ1) is 115. The van der Waals surface area contributed by atoms with Gasteiger partial charge in [-0.05, 0) is 51.4 Å². The van der Waals surface area contributed by atoms with Crippen molar-refractivity contribution < 1.29 is 153 Å². The van der Waals surface area contributed by atoms with E-state index in [0.717, 1.165) is 167 Å². The number of esters is 2. The summed E-state index contributed by atoms with van der Waals surface area (Å²) in [6.45, 7) is 9.76. The minimum Gasteiger partial charge on any atom is -0.756 e. The van der Waals surface area contributed by atoms with Crippen LogP contribution in [-0.2, 0) is 84.5 Å². The van der Waals surface area contributed by atoms with Crippen LogP contribution in [0.25, 0.3) is 0 Å². The first-order valence-electron chi connectivity index (χ1n) is 44.6. The fourth-order valence-corrected chi connectivity index (χ4v) is 14.5. The van der Waals surface area contributed by atoms with Crippen LogP contribution < -0.4 is 90.2 Å². The second-order valence-corrected chi connectivity index (χ2v) is 33.5. The van der Waals surface area contributed by atoms with Gasteiger partial charge < -0.3 is 68.1 Å². The van der Waals surface area contributed by atoms with Crippen molar-refractivity contribution in [3.05, 3.63) is 0 Å². The van der Waals surface area contributed by atoms with Crippen molar-refractivity contribution in [3.63, 3.8) is 0 Å². The van der Waals surface area contributed by atoms with Crippen molar-refractivity contribution in [1.29, 1.82) is 0 Å². The Morgan fingerprint density at radius 3 is 0.832 bits per heavy atom. The smallest absolute Gasteiger partial charge is 0.756 e. The van der Waals surface area contributed by atoms with E-state index in [1.807, 2.05) is 0 Å². The molecular weight excluding hydrogens is 1500 g/mol. The van der Waals surface area contributed by atoms with Gasteiger partial charge >= 0.3 is 71.1 Å². The number of hydrogen-bond donors (Lipinski definition) is 4. The standard InChI is InChI=1S/C85H162N4O20P2.2Na/c1-7-13-19-25-29-33-37-43-47-53-76(90)67-82(94)88-74(70-102-63-59-78(55-49-41-23-17-11-5)108-84(96)57-51-45-39-35-31-27-21-15-9-3)72-106-110(98,99)104-65-61-86-80(92)69-81(93)87-62-66-105-111(100,101)107-73-75(89-83(95)68-77(91)54-48-44-38-34-30-26-20-14-8-2)71-103-64-60-79(56-50-42-24-18-12-6)109-85(97)58-52-46-40-36-32-28-22-16-10-4;;/h74-75,78-79H,7-73H2,1-6H3,(H,86,92)(H,87,93)(H,88,94)(H,89,95)(H,98,99)(H,100,101);;/q;2*+1/p-2/t74?,75?,78-,79-;;/m1../s1. The van der Waals surface area contributed by atoms with Crippen LogP contribution in [-0.4, -0.2) is 137 Å². The quantitative estimate of drug-likeness (QED) is 0.0144. The summed E-state index contributed by atoms with van der Waals surface area (Å²) in [5.74, 6) is -3.88. The molecule has 6 atom stereocenters. The monoisotopic (exact) mass is 1670 g/mol. The molecule has 0 aliphatic carbocycles. The number of nitrogens with one attached hydrogen (secondary N) is 4. The molecule has 0 heterocycles. The number of hydrogen-bond acceptors (Lipinski definition) is 20. The van der Waals surface area contributed by atoms with Crippen LogP contribution in [0, 0.1) is 0 Å². The van der Waals surface area contributed by atoms with E-state index < -0.39 is 109 Å². The molecule has 0 saturated carbocycles. The maximum atomic E-state index is 13.2. The SMILES string of the molecule is CCCCCCCCCCCC(=O)CC(=O)NC(COCC[C@@H](CCCCCCC)OC(=O)CCCCCCCCCCC)COP(=O)([O-])OCCNC(=O)CC(=O)NCCOP(=O)([O-])OCC(COCC[C@@H](CCCCCCC)OC(=O)CCCCCCCCCCC)NC(=O)CC(=O)CCCCCCCCCCC.[Na+].[Na+]. The number of carbonyl (C=O) groups excluding carboxylic acids is 8. The Morgan fingerprint density at radius 2 is 0.549 bits per heavy atom. The molecule has 4 unspecified atom stereocenters. The molecule has 0 saturated heterocycles. The van der Waals surface area contributed by atoms with Gasteiger partial charge in [0.15, 0.2) is 0 Å². The minimum absolute atomic E-state index is 0. The van der Waals surface area contributed by atoms with Crippen molar-refractivity contribution >= 4 is 62.8 Å². The molecule has 0 aliphatic heterocycles. The molecule has 0 spiro atoms. The van der Waals surface area contributed by atoms with E-state index in [1.165, 1.54) is 116 Å². The average Bonchev–Trinajstić information content (AvgIpc) is 0.907. The van der Waals surface area contributed by atoms with E-state index in [0.29, 0.717) is 51.4 Å². The maximum absolute atomic E-state index is 13.2. The Balaban J connectivity index is -0.0000605. The van der Waals surface area contributed by atoms with Crippen molar-refractivity contribution in [3.8, 4) is 0 Å². The van der Waals surface area contributed by atoms with Crippen molar-refractivity contribution in [2.45, 2.75) is 432 Å². The Labute approximate surface area is 729 Å². The van der Waals surface area contributed by atoms with E-state index >= 15 is 0 Å². The number of amides is 4. The summed E-state index contributed by atoms with van der Waals surface area (Å²) in [6.07, 6.45) is 50.8. The van der Waals surface area contributed by atoms with Crippen LogP contribution in [0.3, 0.4) is 0 Å². The predicted molar refractivity (Wildman–Crippen MR) is 438 cm³/mol.